The SMILES string of the molecule is COC(=O)c1cc(OC)c(OC)c(OC)c1NC(=O)C(=O)c1cn(C)c2ccccc12. The maximum Gasteiger partial charge on any atom is 0.340 e. The van der Waals surface area contributed by atoms with Gasteiger partial charge in [0.2, 0.25) is 5.75 Å². The van der Waals surface area contributed by atoms with Gasteiger partial charge in [0.25, 0.3) is 11.7 Å². The summed E-state index contributed by atoms with van der Waals surface area (Å²) >= 11 is 0. The number of nitrogens with one attached hydrogen (secondary N) is 1. The summed E-state index contributed by atoms with van der Waals surface area (Å²) in [7, 11) is 7.08. The summed E-state index contributed by atoms with van der Waals surface area (Å²) in [6.07, 6.45) is 1.58. The van der Waals surface area contributed by atoms with Crippen LogP contribution in [0.3, 0.4) is 0 Å². The fourth-order valence-corrected chi connectivity index (χ4v) is 3.37. The van der Waals surface area contributed by atoms with Crippen LogP contribution in [0.4, 0.5) is 5.69 Å². The Morgan fingerprint density at radius 2 is 1.58 bits per heavy atom. The topological polar surface area (TPSA) is 105 Å². The van der Waals surface area contributed by atoms with Crippen LogP contribution < -0.4 is 19.5 Å². The molecular formula is C22H22N2O7. The van der Waals surface area contributed by atoms with Gasteiger partial charge in [0.15, 0.2) is 11.5 Å². The normalized spacial score (nSPS) is 10.5. The van der Waals surface area contributed by atoms with E-state index in [4.69, 9.17) is 18.9 Å². The summed E-state index contributed by atoms with van der Waals surface area (Å²) in [4.78, 5) is 38.2. The molecule has 0 bridgehead atoms. The first kappa shape index (κ1) is 21.7. The van der Waals surface area contributed by atoms with Crippen molar-refractivity contribution < 1.29 is 33.3 Å². The zero-order chi connectivity index (χ0) is 22.7. The summed E-state index contributed by atoms with van der Waals surface area (Å²) in [6, 6.07) is 8.56. The fourth-order valence-electron chi connectivity index (χ4n) is 3.37. The molecule has 3 aromatic rings. The number of hydrogen-bond acceptors (Lipinski definition) is 7. The third-order valence-corrected chi connectivity index (χ3v) is 4.82. The molecule has 1 aromatic heterocycles. The van der Waals surface area contributed by atoms with E-state index >= 15 is 0 Å². The fraction of sp³-hybridized carbons (Fsp3) is 0.227. The molecule has 0 fully saturated rings. The first-order chi connectivity index (χ1) is 14.9. The molecule has 0 aliphatic heterocycles. The van der Waals surface area contributed by atoms with E-state index in [2.05, 4.69) is 5.32 Å². The van der Waals surface area contributed by atoms with Crippen LogP contribution in [0, 0.1) is 0 Å². The number of carbonyl (C=O) groups is 3. The molecule has 0 saturated carbocycles. The Labute approximate surface area is 178 Å². The highest BCUT2D eigenvalue weighted by atomic mass is 16.5. The van der Waals surface area contributed by atoms with Crippen LogP contribution in [-0.2, 0) is 16.6 Å². The van der Waals surface area contributed by atoms with Crippen molar-refractivity contribution >= 4 is 34.3 Å². The number of fused-ring (bicyclic) bond motifs is 1. The number of benzene rings is 2. The number of ketones is 1. The van der Waals surface area contributed by atoms with Crippen LogP contribution >= 0.6 is 0 Å². The Morgan fingerprint density at radius 1 is 0.903 bits per heavy atom. The van der Waals surface area contributed by atoms with Gasteiger partial charge in [-0.25, -0.2) is 4.79 Å². The third kappa shape index (κ3) is 3.77. The number of aryl methyl sites for hydroxylation is 1. The zero-order valence-electron chi connectivity index (χ0n) is 17.8. The molecule has 0 saturated heterocycles. The average Bonchev–Trinajstić information content (AvgIpc) is 3.13. The number of rotatable bonds is 7. The maximum atomic E-state index is 13.0. The molecule has 0 radical (unpaired) electrons. The van der Waals surface area contributed by atoms with Crippen molar-refractivity contribution in [2.45, 2.75) is 0 Å². The van der Waals surface area contributed by atoms with Crippen molar-refractivity contribution in [3.8, 4) is 17.2 Å². The van der Waals surface area contributed by atoms with Crippen LogP contribution in [0.5, 0.6) is 17.2 Å². The lowest BCUT2D eigenvalue weighted by molar-refractivity contribution is -0.112. The molecule has 1 N–H and O–H groups in total. The van der Waals surface area contributed by atoms with Gasteiger partial charge in [0.1, 0.15) is 5.69 Å². The predicted molar refractivity (Wildman–Crippen MR) is 113 cm³/mol. The van der Waals surface area contributed by atoms with Crippen LogP contribution in [0.1, 0.15) is 20.7 Å². The monoisotopic (exact) mass is 426 g/mol. The highest BCUT2D eigenvalue weighted by molar-refractivity contribution is 6.48. The number of carbonyl (C=O) groups excluding carboxylic acids is 3. The van der Waals surface area contributed by atoms with E-state index in [9.17, 15) is 14.4 Å². The number of esters is 1. The quantitative estimate of drug-likeness (QED) is 0.352. The largest absolute Gasteiger partial charge is 0.493 e. The second-order valence-corrected chi connectivity index (χ2v) is 6.51. The van der Waals surface area contributed by atoms with E-state index in [1.54, 1.807) is 29.9 Å². The number of methoxy groups -OCH3 is 4. The van der Waals surface area contributed by atoms with E-state index in [0.29, 0.717) is 5.39 Å². The minimum Gasteiger partial charge on any atom is -0.493 e. The number of ether oxygens (including phenoxy) is 4. The molecule has 2 aromatic carbocycles. The standard InChI is InChI=1S/C22H22N2O7/c1-24-11-14(12-8-6-7-9-15(12)24)18(25)21(26)23-17-13(22(27)31-5)10-16(28-2)19(29-3)20(17)30-4/h6-11H,1-5H3,(H,23,26). The lowest BCUT2D eigenvalue weighted by atomic mass is 10.1. The maximum absolute atomic E-state index is 13.0. The minimum atomic E-state index is -0.952. The van der Waals surface area contributed by atoms with Gasteiger partial charge in [-0.2, -0.15) is 0 Å². The molecule has 31 heavy (non-hydrogen) atoms. The Bertz CT molecular complexity index is 1180. The lowest BCUT2D eigenvalue weighted by Gasteiger charge is -2.19. The molecule has 0 aliphatic carbocycles. The molecule has 1 amide bonds. The second-order valence-electron chi connectivity index (χ2n) is 6.51. The van der Waals surface area contributed by atoms with Gasteiger partial charge >= 0.3 is 5.97 Å². The lowest BCUT2D eigenvalue weighted by Crippen LogP contribution is -2.24. The summed E-state index contributed by atoms with van der Waals surface area (Å²) in [5, 5.41) is 3.12. The van der Waals surface area contributed by atoms with Crippen LogP contribution in [0.25, 0.3) is 10.9 Å². The first-order valence-corrected chi connectivity index (χ1v) is 9.18. The summed E-state index contributed by atoms with van der Waals surface area (Å²) in [5.74, 6) is -2.13. The van der Waals surface area contributed by atoms with Gasteiger partial charge in [-0.05, 0) is 6.07 Å². The number of hydrogen-bond donors (Lipinski definition) is 1. The Kier molecular flexibility index (Phi) is 6.15. The predicted octanol–water partition coefficient (Wildman–Crippen LogP) is 2.81. The van der Waals surface area contributed by atoms with Crippen molar-refractivity contribution in [3.63, 3.8) is 0 Å². The number of nitrogens with zero attached hydrogens (tertiary/aromatic N) is 1. The highest BCUT2D eigenvalue weighted by Gasteiger charge is 2.29. The van der Waals surface area contributed by atoms with Gasteiger partial charge < -0.3 is 28.8 Å². The van der Waals surface area contributed by atoms with Gasteiger partial charge in [-0.15, -0.1) is 0 Å². The van der Waals surface area contributed by atoms with Crippen molar-refractivity contribution in [1.29, 1.82) is 0 Å². The van der Waals surface area contributed by atoms with Gasteiger partial charge in [-0.3, -0.25) is 9.59 Å². The molecule has 3 rings (SSSR count). The highest BCUT2D eigenvalue weighted by Crippen LogP contribution is 2.45. The van der Waals surface area contributed by atoms with E-state index < -0.39 is 17.7 Å². The van der Waals surface area contributed by atoms with Crippen molar-refractivity contribution in [1.82, 2.24) is 4.57 Å². The second kappa shape index (κ2) is 8.78. The van der Waals surface area contributed by atoms with Gasteiger partial charge in [-0.1, -0.05) is 18.2 Å². The smallest absolute Gasteiger partial charge is 0.340 e. The molecular weight excluding hydrogens is 404 g/mol. The molecule has 162 valence electrons. The number of para-hydroxylation sites is 1. The van der Waals surface area contributed by atoms with Crippen molar-refractivity contribution in [3.05, 3.63) is 47.7 Å². The van der Waals surface area contributed by atoms with Gasteiger partial charge in [0, 0.05) is 30.2 Å². The van der Waals surface area contributed by atoms with Crippen LogP contribution in [0.15, 0.2) is 36.5 Å². The molecule has 9 heteroatoms. The Morgan fingerprint density at radius 3 is 2.19 bits per heavy atom. The molecule has 0 atom stereocenters. The Hall–Kier alpha value is -4.01. The number of anilines is 1. The Balaban J connectivity index is 2.09. The summed E-state index contributed by atoms with van der Waals surface area (Å²) < 4.78 is 22.5. The average molecular weight is 426 g/mol. The van der Waals surface area contributed by atoms with Gasteiger partial charge in [0.05, 0.1) is 39.6 Å². The minimum absolute atomic E-state index is 0.0151. The molecule has 9 nitrogen and oxygen atoms in total. The summed E-state index contributed by atoms with van der Waals surface area (Å²) in [6.45, 7) is 0. The van der Waals surface area contributed by atoms with E-state index in [0.717, 1.165) is 5.52 Å². The van der Waals surface area contributed by atoms with E-state index in [1.165, 1.54) is 34.5 Å². The van der Waals surface area contributed by atoms with E-state index in [1.807, 2.05) is 12.1 Å². The summed E-state index contributed by atoms with van der Waals surface area (Å²) in [5.41, 5.74) is 0.911. The third-order valence-electron chi connectivity index (χ3n) is 4.82. The molecule has 0 spiro atoms. The van der Waals surface area contributed by atoms with Crippen molar-refractivity contribution in [2.24, 2.45) is 7.05 Å². The molecule has 0 unspecified atom stereocenters. The number of Topliss-reactive ketones (excluding diaryl/α,β-unsaturated/α-hetero) is 1. The van der Waals surface area contributed by atoms with E-state index in [-0.39, 0.29) is 34.1 Å². The zero-order valence-corrected chi connectivity index (χ0v) is 17.8. The number of aromatic nitrogens is 1. The van der Waals surface area contributed by atoms with Crippen LogP contribution in [-0.4, -0.2) is 50.7 Å². The molecule has 0 aliphatic rings. The van der Waals surface area contributed by atoms with Crippen molar-refractivity contribution in [2.75, 3.05) is 33.8 Å². The number of amides is 1. The van der Waals surface area contributed by atoms with Crippen LogP contribution in [0.2, 0.25) is 0 Å². The molecule has 1 heterocycles. The first-order valence-electron chi connectivity index (χ1n) is 9.18.